The van der Waals surface area contributed by atoms with E-state index in [9.17, 15) is 27.6 Å². The van der Waals surface area contributed by atoms with Crippen LogP contribution in [-0.2, 0) is 22.3 Å². The first-order valence-corrected chi connectivity index (χ1v) is 6.23. The number of rotatable bonds is 3. The maximum absolute atomic E-state index is 12.7. The number of aromatic amines is 1. The van der Waals surface area contributed by atoms with Gasteiger partial charge in [-0.1, -0.05) is 0 Å². The average molecular weight is 316 g/mol. The van der Waals surface area contributed by atoms with Gasteiger partial charge in [0.1, 0.15) is 6.54 Å². The molecule has 0 amide bonds. The van der Waals surface area contributed by atoms with E-state index in [2.05, 4.69) is 9.72 Å². The third-order valence-corrected chi connectivity index (χ3v) is 2.89. The van der Waals surface area contributed by atoms with E-state index in [1.165, 1.54) is 0 Å². The Morgan fingerprint density at radius 3 is 2.59 bits per heavy atom. The van der Waals surface area contributed by atoms with Gasteiger partial charge in [0.05, 0.1) is 23.2 Å². The Kier molecular flexibility index (Phi) is 4.07. The van der Waals surface area contributed by atoms with Crippen LogP contribution in [0.1, 0.15) is 12.5 Å². The van der Waals surface area contributed by atoms with Crippen molar-refractivity contribution in [2.75, 3.05) is 6.61 Å². The van der Waals surface area contributed by atoms with Crippen molar-refractivity contribution in [3.63, 3.8) is 0 Å². The molecule has 0 saturated heterocycles. The average Bonchev–Trinajstić information content (AvgIpc) is 2.42. The molecule has 0 aliphatic rings. The van der Waals surface area contributed by atoms with Gasteiger partial charge in [-0.3, -0.25) is 19.0 Å². The lowest BCUT2D eigenvalue weighted by atomic mass is 10.2. The molecule has 6 nitrogen and oxygen atoms in total. The standard InChI is InChI=1S/C13H11F3N2O4/c1-2-22-10(19)6-18-9-4-3-7(13(14,15)16)5-8(9)17-11(20)12(18)21/h3-5H,2,6H2,1H3,(H,17,20). The summed E-state index contributed by atoms with van der Waals surface area (Å²) in [6.45, 7) is 1.08. The smallest absolute Gasteiger partial charge is 0.416 e. The molecular weight excluding hydrogens is 305 g/mol. The second-order valence-corrected chi connectivity index (χ2v) is 4.38. The van der Waals surface area contributed by atoms with Gasteiger partial charge in [0.25, 0.3) is 0 Å². The Morgan fingerprint density at radius 2 is 2.00 bits per heavy atom. The zero-order valence-corrected chi connectivity index (χ0v) is 11.4. The summed E-state index contributed by atoms with van der Waals surface area (Å²) in [7, 11) is 0. The van der Waals surface area contributed by atoms with Gasteiger partial charge in [0.15, 0.2) is 0 Å². The number of benzene rings is 1. The molecule has 2 rings (SSSR count). The van der Waals surface area contributed by atoms with Gasteiger partial charge in [-0.15, -0.1) is 0 Å². The highest BCUT2D eigenvalue weighted by atomic mass is 19.4. The lowest BCUT2D eigenvalue weighted by Gasteiger charge is -2.11. The SMILES string of the molecule is CCOC(=O)Cn1c(=O)c(=O)[nH]c2cc(C(F)(F)F)ccc21. The Hall–Kier alpha value is -2.58. The summed E-state index contributed by atoms with van der Waals surface area (Å²) in [6.07, 6.45) is -4.59. The molecule has 1 heterocycles. The van der Waals surface area contributed by atoms with Gasteiger partial charge < -0.3 is 9.72 Å². The summed E-state index contributed by atoms with van der Waals surface area (Å²) < 4.78 is 43.5. The van der Waals surface area contributed by atoms with Crippen molar-refractivity contribution in [1.29, 1.82) is 0 Å². The molecule has 0 radical (unpaired) electrons. The van der Waals surface area contributed by atoms with Crippen molar-refractivity contribution in [2.24, 2.45) is 0 Å². The minimum absolute atomic E-state index is 0.00523. The van der Waals surface area contributed by atoms with Gasteiger partial charge in [-0.25, -0.2) is 0 Å². The topological polar surface area (TPSA) is 81.2 Å². The number of alkyl halides is 3. The molecule has 0 saturated carbocycles. The van der Waals surface area contributed by atoms with Crippen LogP contribution in [-0.4, -0.2) is 22.1 Å². The molecule has 0 fully saturated rings. The largest absolute Gasteiger partial charge is 0.465 e. The highest BCUT2D eigenvalue weighted by molar-refractivity contribution is 5.78. The molecule has 2 aromatic rings. The van der Waals surface area contributed by atoms with Crippen LogP contribution in [0.4, 0.5) is 13.2 Å². The van der Waals surface area contributed by atoms with E-state index in [0.717, 1.165) is 16.7 Å². The second-order valence-electron chi connectivity index (χ2n) is 4.38. The molecule has 0 spiro atoms. The van der Waals surface area contributed by atoms with Gasteiger partial charge in [0.2, 0.25) is 0 Å². The van der Waals surface area contributed by atoms with Crippen LogP contribution in [0.3, 0.4) is 0 Å². The van der Waals surface area contributed by atoms with Crippen LogP contribution < -0.4 is 11.1 Å². The summed E-state index contributed by atoms with van der Waals surface area (Å²) in [5.41, 5.74) is -3.32. The number of ether oxygens (including phenoxy) is 1. The Bertz CT molecular complexity index is 836. The van der Waals surface area contributed by atoms with E-state index in [1.54, 1.807) is 6.92 Å². The van der Waals surface area contributed by atoms with E-state index in [4.69, 9.17) is 0 Å². The van der Waals surface area contributed by atoms with Crippen molar-refractivity contribution in [2.45, 2.75) is 19.6 Å². The quantitative estimate of drug-likeness (QED) is 0.683. The first kappa shape index (κ1) is 15.8. The molecular formula is C13H11F3N2O4. The maximum atomic E-state index is 12.7. The first-order chi connectivity index (χ1) is 10.2. The number of nitrogens with zero attached hydrogens (tertiary/aromatic N) is 1. The number of H-pyrrole nitrogens is 1. The summed E-state index contributed by atoms with van der Waals surface area (Å²) >= 11 is 0. The van der Waals surface area contributed by atoms with Crippen molar-refractivity contribution in [3.05, 3.63) is 44.5 Å². The summed E-state index contributed by atoms with van der Waals surface area (Å²) in [6, 6.07) is 2.49. The van der Waals surface area contributed by atoms with Crippen LogP contribution in [0.25, 0.3) is 11.0 Å². The molecule has 1 N–H and O–H groups in total. The number of hydrogen-bond acceptors (Lipinski definition) is 4. The molecule has 0 atom stereocenters. The number of nitrogens with one attached hydrogen (secondary N) is 1. The Labute approximate surface area is 121 Å². The third kappa shape index (κ3) is 3.02. The van der Waals surface area contributed by atoms with Gasteiger partial charge in [-0.05, 0) is 25.1 Å². The molecule has 0 aliphatic carbocycles. The highest BCUT2D eigenvalue weighted by Crippen LogP contribution is 2.30. The number of carbonyl (C=O) groups is 1. The molecule has 0 aliphatic heterocycles. The number of esters is 1. The highest BCUT2D eigenvalue weighted by Gasteiger charge is 2.30. The normalized spacial score (nSPS) is 11.6. The van der Waals surface area contributed by atoms with Crippen molar-refractivity contribution in [3.8, 4) is 0 Å². The van der Waals surface area contributed by atoms with Crippen LogP contribution >= 0.6 is 0 Å². The molecule has 118 valence electrons. The van der Waals surface area contributed by atoms with Crippen molar-refractivity contribution < 1.29 is 22.7 Å². The monoisotopic (exact) mass is 316 g/mol. The van der Waals surface area contributed by atoms with Crippen molar-refractivity contribution in [1.82, 2.24) is 9.55 Å². The Morgan fingerprint density at radius 1 is 1.32 bits per heavy atom. The third-order valence-electron chi connectivity index (χ3n) is 2.89. The molecule has 1 aromatic carbocycles. The molecule has 22 heavy (non-hydrogen) atoms. The fraction of sp³-hybridized carbons (Fsp3) is 0.308. The summed E-state index contributed by atoms with van der Waals surface area (Å²) in [5, 5.41) is 0. The van der Waals surface area contributed by atoms with Crippen LogP contribution in [0.2, 0.25) is 0 Å². The fourth-order valence-corrected chi connectivity index (χ4v) is 1.95. The maximum Gasteiger partial charge on any atom is 0.416 e. The summed E-state index contributed by atoms with van der Waals surface area (Å²) in [5.74, 6) is -0.767. The van der Waals surface area contributed by atoms with E-state index >= 15 is 0 Å². The van der Waals surface area contributed by atoms with E-state index < -0.39 is 35.4 Å². The van der Waals surface area contributed by atoms with Crippen LogP contribution in [0.5, 0.6) is 0 Å². The predicted molar refractivity (Wildman–Crippen MR) is 70.5 cm³/mol. The van der Waals surface area contributed by atoms with Gasteiger partial charge in [0, 0.05) is 0 Å². The van der Waals surface area contributed by atoms with Gasteiger partial charge >= 0.3 is 23.3 Å². The zero-order valence-electron chi connectivity index (χ0n) is 11.4. The van der Waals surface area contributed by atoms with Crippen LogP contribution in [0.15, 0.2) is 27.8 Å². The number of hydrogen-bond donors (Lipinski definition) is 1. The lowest BCUT2D eigenvalue weighted by Crippen LogP contribution is -2.38. The molecule has 0 bridgehead atoms. The number of carbonyl (C=O) groups excluding carboxylic acids is 1. The number of halogens is 3. The minimum Gasteiger partial charge on any atom is -0.465 e. The molecule has 1 aromatic heterocycles. The molecule has 0 unspecified atom stereocenters. The number of aromatic nitrogens is 2. The van der Waals surface area contributed by atoms with Crippen molar-refractivity contribution >= 4 is 17.0 Å². The zero-order chi connectivity index (χ0) is 16.5. The number of fused-ring (bicyclic) bond motifs is 1. The van der Waals surface area contributed by atoms with E-state index in [-0.39, 0.29) is 17.6 Å². The lowest BCUT2D eigenvalue weighted by molar-refractivity contribution is -0.143. The predicted octanol–water partition coefficient (Wildman–Crippen LogP) is 1.27. The first-order valence-electron chi connectivity index (χ1n) is 6.23. The fourth-order valence-electron chi connectivity index (χ4n) is 1.95. The van der Waals surface area contributed by atoms with Crippen LogP contribution in [0, 0.1) is 0 Å². The van der Waals surface area contributed by atoms with Gasteiger partial charge in [-0.2, -0.15) is 13.2 Å². The van der Waals surface area contributed by atoms with E-state index in [0.29, 0.717) is 6.07 Å². The second kappa shape index (κ2) is 5.66. The van der Waals surface area contributed by atoms with E-state index in [1.807, 2.05) is 0 Å². The Balaban J connectivity index is 2.65. The minimum atomic E-state index is -4.59. The summed E-state index contributed by atoms with van der Waals surface area (Å²) in [4.78, 5) is 36.9. The molecule has 9 heteroatoms.